The fourth-order valence-corrected chi connectivity index (χ4v) is 2.42. The molecule has 0 saturated carbocycles. The molecule has 1 aliphatic rings. The highest BCUT2D eigenvalue weighted by Crippen LogP contribution is 2.35. The van der Waals surface area contributed by atoms with Crippen LogP contribution in [-0.4, -0.2) is 54.1 Å². The average molecular weight is 271 g/mol. The molecule has 1 unspecified atom stereocenters. The fourth-order valence-electron chi connectivity index (χ4n) is 2.42. The number of aliphatic carboxylic acids is 1. The highest BCUT2D eigenvalue weighted by molar-refractivity contribution is 5.87. The Balaban J connectivity index is 2.76. The van der Waals surface area contributed by atoms with Crippen LogP contribution in [0.2, 0.25) is 0 Å². The van der Waals surface area contributed by atoms with Crippen molar-refractivity contribution in [2.24, 2.45) is 5.41 Å². The fraction of sp³-hybridized carbons (Fsp3) is 0.750. The molecule has 3 N–H and O–H groups in total. The molecule has 19 heavy (non-hydrogen) atoms. The Morgan fingerprint density at radius 1 is 1.37 bits per heavy atom. The van der Waals surface area contributed by atoms with Gasteiger partial charge in [0, 0.05) is 13.6 Å². The van der Waals surface area contributed by atoms with Gasteiger partial charge in [-0.25, -0.2) is 9.59 Å². The summed E-state index contributed by atoms with van der Waals surface area (Å²) in [7, 11) is 1.47. The zero-order valence-corrected chi connectivity index (χ0v) is 11.5. The van der Waals surface area contributed by atoms with Crippen molar-refractivity contribution in [2.45, 2.75) is 32.7 Å². The van der Waals surface area contributed by atoms with Crippen molar-refractivity contribution < 1.29 is 19.5 Å². The van der Waals surface area contributed by atoms with Crippen LogP contribution in [0.5, 0.6) is 0 Å². The van der Waals surface area contributed by atoms with Crippen LogP contribution in [0.4, 0.5) is 4.79 Å². The number of piperidine rings is 1. The number of nitrogens with one attached hydrogen (secondary N) is 2. The number of urea groups is 1. The van der Waals surface area contributed by atoms with Crippen molar-refractivity contribution in [3.8, 4) is 0 Å². The first-order valence-electron chi connectivity index (χ1n) is 6.27. The molecule has 0 spiro atoms. The molecule has 0 radical (unpaired) electrons. The van der Waals surface area contributed by atoms with Crippen molar-refractivity contribution in [1.29, 1.82) is 0 Å². The van der Waals surface area contributed by atoms with Crippen molar-refractivity contribution in [3.05, 3.63) is 0 Å². The summed E-state index contributed by atoms with van der Waals surface area (Å²) in [5.41, 5.74) is -0.478. The summed E-state index contributed by atoms with van der Waals surface area (Å²) in [6.07, 6.45) is 1.51. The van der Waals surface area contributed by atoms with E-state index in [1.54, 1.807) is 0 Å². The number of likely N-dealkylation sites (N-methyl/N-ethyl adjacent to an activating group) is 1. The molecule has 0 aromatic carbocycles. The van der Waals surface area contributed by atoms with Gasteiger partial charge >= 0.3 is 12.0 Å². The second kappa shape index (κ2) is 5.90. The van der Waals surface area contributed by atoms with E-state index in [9.17, 15) is 19.5 Å². The third kappa shape index (κ3) is 3.59. The monoisotopic (exact) mass is 271 g/mol. The van der Waals surface area contributed by atoms with Gasteiger partial charge < -0.3 is 20.6 Å². The standard InChI is InChI=1S/C12H21N3O4/c1-12(2)5-4-6-15(9(12)10(17)18)11(19)14-7-8(16)13-3/h9H,4-7H2,1-3H3,(H,13,16)(H,14,19)(H,17,18). The minimum Gasteiger partial charge on any atom is -0.480 e. The first-order chi connectivity index (χ1) is 8.79. The molecule has 1 rings (SSSR count). The third-order valence-corrected chi connectivity index (χ3v) is 3.45. The van der Waals surface area contributed by atoms with Crippen molar-refractivity contribution in [1.82, 2.24) is 15.5 Å². The molecular weight excluding hydrogens is 250 g/mol. The molecule has 7 heteroatoms. The SMILES string of the molecule is CNC(=O)CNC(=O)N1CCCC(C)(C)C1C(=O)O. The van der Waals surface area contributed by atoms with Crippen molar-refractivity contribution >= 4 is 17.9 Å². The highest BCUT2D eigenvalue weighted by Gasteiger charge is 2.44. The molecule has 0 aromatic rings. The van der Waals surface area contributed by atoms with Crippen LogP contribution in [0.15, 0.2) is 0 Å². The second-order valence-electron chi connectivity index (χ2n) is 5.36. The van der Waals surface area contributed by atoms with Gasteiger partial charge in [0.05, 0.1) is 6.54 Å². The highest BCUT2D eigenvalue weighted by atomic mass is 16.4. The van der Waals surface area contributed by atoms with E-state index in [4.69, 9.17) is 0 Å². The smallest absolute Gasteiger partial charge is 0.327 e. The second-order valence-corrected chi connectivity index (χ2v) is 5.36. The van der Waals surface area contributed by atoms with Crippen LogP contribution in [0.1, 0.15) is 26.7 Å². The topological polar surface area (TPSA) is 98.7 Å². The van der Waals surface area contributed by atoms with Crippen LogP contribution >= 0.6 is 0 Å². The molecule has 1 fully saturated rings. The first kappa shape index (κ1) is 15.3. The number of likely N-dealkylation sites (tertiary alicyclic amines) is 1. The van der Waals surface area contributed by atoms with Crippen molar-refractivity contribution in [3.63, 3.8) is 0 Å². The van der Waals surface area contributed by atoms with E-state index in [1.165, 1.54) is 11.9 Å². The van der Waals surface area contributed by atoms with E-state index in [0.717, 1.165) is 12.8 Å². The number of hydrogen-bond acceptors (Lipinski definition) is 3. The predicted octanol–water partition coefficient (Wildman–Crippen LogP) is 0.0172. The Morgan fingerprint density at radius 3 is 2.53 bits per heavy atom. The molecule has 0 aliphatic carbocycles. The number of carbonyl (C=O) groups excluding carboxylic acids is 2. The van der Waals surface area contributed by atoms with Crippen molar-refractivity contribution in [2.75, 3.05) is 20.1 Å². The molecule has 0 bridgehead atoms. The maximum Gasteiger partial charge on any atom is 0.327 e. The number of carboxylic acids is 1. The quantitative estimate of drug-likeness (QED) is 0.673. The van der Waals surface area contributed by atoms with Gasteiger partial charge in [0.15, 0.2) is 0 Å². The summed E-state index contributed by atoms with van der Waals surface area (Å²) < 4.78 is 0. The van der Waals surface area contributed by atoms with Crippen LogP contribution < -0.4 is 10.6 Å². The molecule has 1 atom stereocenters. The molecule has 1 aliphatic heterocycles. The summed E-state index contributed by atoms with van der Waals surface area (Å²) in [6, 6.07) is -1.38. The summed E-state index contributed by atoms with van der Waals surface area (Å²) in [6.45, 7) is 3.91. The van der Waals surface area contributed by atoms with E-state index in [0.29, 0.717) is 6.54 Å². The number of rotatable bonds is 3. The van der Waals surface area contributed by atoms with Crippen LogP contribution in [0.25, 0.3) is 0 Å². The van der Waals surface area contributed by atoms with Gasteiger partial charge in [-0.05, 0) is 18.3 Å². The Kier molecular flexibility index (Phi) is 4.74. The normalized spacial score (nSPS) is 21.6. The summed E-state index contributed by atoms with van der Waals surface area (Å²) in [4.78, 5) is 35.8. The van der Waals surface area contributed by atoms with E-state index in [1.807, 2.05) is 13.8 Å². The Bertz CT molecular complexity index is 381. The number of carbonyl (C=O) groups is 3. The average Bonchev–Trinajstić information content (AvgIpc) is 2.33. The van der Waals surface area contributed by atoms with Gasteiger partial charge in [-0.3, -0.25) is 4.79 Å². The van der Waals surface area contributed by atoms with Gasteiger partial charge in [-0.1, -0.05) is 13.8 Å². The Labute approximate surface area is 112 Å². The van der Waals surface area contributed by atoms with Crippen LogP contribution in [0, 0.1) is 5.41 Å². The third-order valence-electron chi connectivity index (χ3n) is 3.45. The molecule has 0 aromatic heterocycles. The predicted molar refractivity (Wildman–Crippen MR) is 68.6 cm³/mol. The molecule has 108 valence electrons. The summed E-state index contributed by atoms with van der Waals surface area (Å²) in [5, 5.41) is 14.1. The van der Waals surface area contributed by atoms with Gasteiger partial charge in [0.25, 0.3) is 0 Å². The van der Waals surface area contributed by atoms with Gasteiger partial charge in [0.2, 0.25) is 5.91 Å². The maximum absolute atomic E-state index is 12.0. The largest absolute Gasteiger partial charge is 0.480 e. The maximum atomic E-state index is 12.0. The zero-order chi connectivity index (χ0) is 14.6. The molecule has 3 amide bonds. The van der Waals surface area contributed by atoms with Gasteiger partial charge in [-0.15, -0.1) is 0 Å². The van der Waals surface area contributed by atoms with E-state index < -0.39 is 23.5 Å². The molecular formula is C12H21N3O4. The van der Waals surface area contributed by atoms with Gasteiger partial charge in [0.1, 0.15) is 6.04 Å². The molecule has 1 heterocycles. The van der Waals surface area contributed by atoms with E-state index in [-0.39, 0.29) is 12.5 Å². The molecule has 1 saturated heterocycles. The lowest BCUT2D eigenvalue weighted by atomic mass is 9.76. The minimum atomic E-state index is -1.01. The molecule has 7 nitrogen and oxygen atoms in total. The first-order valence-corrected chi connectivity index (χ1v) is 6.27. The summed E-state index contributed by atoms with van der Waals surface area (Å²) in [5.74, 6) is -1.34. The lowest BCUT2D eigenvalue weighted by molar-refractivity contribution is -0.148. The lowest BCUT2D eigenvalue weighted by Crippen LogP contribution is -2.59. The number of amides is 3. The number of carboxylic acid groups (broad SMARTS) is 1. The lowest BCUT2D eigenvalue weighted by Gasteiger charge is -2.43. The van der Waals surface area contributed by atoms with E-state index in [2.05, 4.69) is 10.6 Å². The minimum absolute atomic E-state index is 0.154. The van der Waals surface area contributed by atoms with Crippen LogP contribution in [-0.2, 0) is 9.59 Å². The Morgan fingerprint density at radius 2 is 2.00 bits per heavy atom. The van der Waals surface area contributed by atoms with Crippen LogP contribution in [0.3, 0.4) is 0 Å². The number of nitrogens with zero attached hydrogens (tertiary/aromatic N) is 1. The zero-order valence-electron chi connectivity index (χ0n) is 11.5. The summed E-state index contributed by atoms with van der Waals surface area (Å²) >= 11 is 0. The Hall–Kier alpha value is -1.79. The van der Waals surface area contributed by atoms with Gasteiger partial charge in [-0.2, -0.15) is 0 Å². The number of hydrogen-bond donors (Lipinski definition) is 3. The van der Waals surface area contributed by atoms with E-state index >= 15 is 0 Å².